The number of aryl methyl sites for hydroxylation is 1. The molecule has 18 heavy (non-hydrogen) atoms. The molecule has 0 heterocycles. The van der Waals surface area contributed by atoms with Gasteiger partial charge in [-0.15, -0.1) is 0 Å². The van der Waals surface area contributed by atoms with Gasteiger partial charge in [-0.3, -0.25) is 0 Å². The maximum atomic E-state index is 4.89. The van der Waals surface area contributed by atoms with Crippen LogP contribution in [-0.2, 0) is 4.84 Å². The Bertz CT molecular complexity index is 559. The van der Waals surface area contributed by atoms with Gasteiger partial charge in [0.2, 0.25) is 0 Å². The Hall–Kier alpha value is -2.09. The number of rotatable bonds is 3. The van der Waals surface area contributed by atoms with Gasteiger partial charge >= 0.3 is 0 Å². The molecule has 0 amide bonds. The Kier molecular flexibility index (Phi) is 3.78. The third kappa shape index (κ3) is 2.43. The Labute approximate surface area is 108 Å². The van der Waals surface area contributed by atoms with Crippen LogP contribution in [0.5, 0.6) is 0 Å². The van der Waals surface area contributed by atoms with Crippen molar-refractivity contribution in [2.24, 2.45) is 5.16 Å². The smallest absolute Gasteiger partial charge is 0.106 e. The molecule has 2 rings (SSSR count). The van der Waals surface area contributed by atoms with Crippen LogP contribution in [0.25, 0.3) is 11.1 Å². The maximum absolute atomic E-state index is 4.89. The average molecular weight is 239 g/mol. The summed E-state index contributed by atoms with van der Waals surface area (Å²) in [5.41, 5.74) is 5.63. The second-order valence-corrected chi connectivity index (χ2v) is 4.22. The minimum Gasteiger partial charge on any atom is -0.399 e. The Balaban J connectivity index is 2.62. The first-order valence-corrected chi connectivity index (χ1v) is 5.97. The molecule has 0 atom stereocenters. The van der Waals surface area contributed by atoms with E-state index in [1.807, 2.05) is 25.1 Å². The monoisotopic (exact) mass is 239 g/mol. The van der Waals surface area contributed by atoms with E-state index < -0.39 is 0 Å². The molecule has 0 bridgehead atoms. The van der Waals surface area contributed by atoms with Crippen LogP contribution < -0.4 is 0 Å². The van der Waals surface area contributed by atoms with Gasteiger partial charge in [-0.2, -0.15) is 0 Å². The maximum Gasteiger partial charge on any atom is 0.106 e. The number of hydrogen-bond donors (Lipinski definition) is 0. The fraction of sp³-hybridized carbons (Fsp3) is 0.188. The average Bonchev–Trinajstić information content (AvgIpc) is 2.39. The minimum atomic E-state index is 0.898. The fourth-order valence-corrected chi connectivity index (χ4v) is 2.19. The van der Waals surface area contributed by atoms with Crippen molar-refractivity contribution in [3.05, 3.63) is 59.7 Å². The summed E-state index contributed by atoms with van der Waals surface area (Å²) >= 11 is 0. The van der Waals surface area contributed by atoms with Gasteiger partial charge in [-0.25, -0.2) is 0 Å². The van der Waals surface area contributed by atoms with Crippen LogP contribution in [-0.4, -0.2) is 12.8 Å². The topological polar surface area (TPSA) is 21.6 Å². The second kappa shape index (κ2) is 5.50. The fourth-order valence-electron chi connectivity index (χ4n) is 2.19. The molecule has 2 aromatic rings. The normalized spacial score (nSPS) is 11.4. The summed E-state index contributed by atoms with van der Waals surface area (Å²) < 4.78 is 0. The van der Waals surface area contributed by atoms with E-state index in [0.717, 1.165) is 11.3 Å². The van der Waals surface area contributed by atoms with Gasteiger partial charge in [-0.1, -0.05) is 53.7 Å². The predicted octanol–water partition coefficient (Wildman–Crippen LogP) is 4.03. The molecule has 92 valence electrons. The van der Waals surface area contributed by atoms with Crippen molar-refractivity contribution >= 4 is 5.71 Å². The number of nitrogens with zero attached hydrogens (tertiary/aromatic N) is 1. The van der Waals surface area contributed by atoms with E-state index in [-0.39, 0.29) is 0 Å². The summed E-state index contributed by atoms with van der Waals surface area (Å²) in [7, 11) is 1.57. The van der Waals surface area contributed by atoms with E-state index in [1.165, 1.54) is 16.7 Å². The molecule has 0 saturated carbocycles. The number of benzene rings is 2. The Morgan fingerprint density at radius 3 is 2.39 bits per heavy atom. The highest BCUT2D eigenvalue weighted by molar-refractivity contribution is 6.05. The highest BCUT2D eigenvalue weighted by atomic mass is 16.6. The lowest BCUT2D eigenvalue weighted by molar-refractivity contribution is 0.213. The number of hydrogen-bond acceptors (Lipinski definition) is 2. The molecule has 0 aliphatic carbocycles. The van der Waals surface area contributed by atoms with Crippen LogP contribution in [0.1, 0.15) is 18.1 Å². The molecular formula is C16H17NO. The second-order valence-electron chi connectivity index (χ2n) is 4.22. The van der Waals surface area contributed by atoms with E-state index >= 15 is 0 Å². The molecule has 2 aromatic carbocycles. The first kappa shape index (κ1) is 12.4. The van der Waals surface area contributed by atoms with Crippen molar-refractivity contribution in [3.63, 3.8) is 0 Å². The lowest BCUT2D eigenvalue weighted by atomic mass is 9.93. The third-order valence-electron chi connectivity index (χ3n) is 2.95. The van der Waals surface area contributed by atoms with Gasteiger partial charge < -0.3 is 4.84 Å². The molecule has 0 saturated heterocycles. The number of oxime groups is 1. The van der Waals surface area contributed by atoms with E-state index in [0.29, 0.717) is 0 Å². The van der Waals surface area contributed by atoms with E-state index in [2.05, 4.69) is 42.4 Å². The molecule has 0 N–H and O–H groups in total. The molecular weight excluding hydrogens is 222 g/mol. The quantitative estimate of drug-likeness (QED) is 0.585. The van der Waals surface area contributed by atoms with Crippen LogP contribution in [0, 0.1) is 6.92 Å². The first-order chi connectivity index (χ1) is 8.74. The van der Waals surface area contributed by atoms with Gasteiger partial charge in [-0.05, 0) is 30.5 Å². The van der Waals surface area contributed by atoms with Crippen molar-refractivity contribution in [1.29, 1.82) is 0 Å². The van der Waals surface area contributed by atoms with Crippen LogP contribution >= 0.6 is 0 Å². The Morgan fingerprint density at radius 2 is 1.72 bits per heavy atom. The zero-order chi connectivity index (χ0) is 13.0. The molecule has 0 aliphatic rings. The van der Waals surface area contributed by atoms with Gasteiger partial charge in [0.05, 0.1) is 5.71 Å². The molecule has 0 aliphatic heterocycles. The summed E-state index contributed by atoms with van der Waals surface area (Å²) in [5.74, 6) is 0. The van der Waals surface area contributed by atoms with E-state index in [4.69, 9.17) is 4.84 Å². The largest absolute Gasteiger partial charge is 0.399 e. The molecule has 0 radical (unpaired) electrons. The zero-order valence-corrected chi connectivity index (χ0v) is 11.0. The summed E-state index contributed by atoms with van der Waals surface area (Å²) in [6, 6.07) is 16.6. The summed E-state index contributed by atoms with van der Waals surface area (Å²) in [4.78, 5) is 4.89. The van der Waals surface area contributed by atoms with Crippen LogP contribution in [0.3, 0.4) is 0 Å². The van der Waals surface area contributed by atoms with Gasteiger partial charge in [0.15, 0.2) is 0 Å². The lowest BCUT2D eigenvalue weighted by Gasteiger charge is -2.12. The summed E-state index contributed by atoms with van der Waals surface area (Å²) in [5, 5.41) is 4.06. The van der Waals surface area contributed by atoms with Gasteiger partial charge in [0.25, 0.3) is 0 Å². The first-order valence-electron chi connectivity index (χ1n) is 5.97. The highest BCUT2D eigenvalue weighted by Gasteiger charge is 2.10. The van der Waals surface area contributed by atoms with Crippen LogP contribution in [0.2, 0.25) is 0 Å². The van der Waals surface area contributed by atoms with Crippen LogP contribution in [0.15, 0.2) is 53.7 Å². The van der Waals surface area contributed by atoms with Crippen molar-refractivity contribution in [2.45, 2.75) is 13.8 Å². The molecule has 0 unspecified atom stereocenters. The van der Waals surface area contributed by atoms with Crippen LogP contribution in [0.4, 0.5) is 0 Å². The third-order valence-corrected chi connectivity index (χ3v) is 2.95. The van der Waals surface area contributed by atoms with Crippen molar-refractivity contribution in [1.82, 2.24) is 0 Å². The summed E-state index contributed by atoms with van der Waals surface area (Å²) in [6.45, 7) is 4.06. The molecule has 0 aromatic heterocycles. The predicted molar refractivity (Wildman–Crippen MR) is 75.8 cm³/mol. The van der Waals surface area contributed by atoms with E-state index in [9.17, 15) is 0 Å². The van der Waals surface area contributed by atoms with Crippen molar-refractivity contribution in [3.8, 4) is 11.1 Å². The highest BCUT2D eigenvalue weighted by Crippen LogP contribution is 2.26. The molecule has 2 heteroatoms. The molecule has 0 spiro atoms. The Morgan fingerprint density at radius 1 is 1.00 bits per heavy atom. The molecule has 0 fully saturated rings. The van der Waals surface area contributed by atoms with Gasteiger partial charge in [0.1, 0.15) is 7.11 Å². The standard InChI is InChI=1S/C16H17NO/c1-12-8-7-11-15(14-9-5-4-6-10-14)16(12)13(2)17-18-3/h4-11H,1-3H3/b17-13+. The minimum absolute atomic E-state index is 0.898. The summed E-state index contributed by atoms with van der Waals surface area (Å²) in [6.07, 6.45) is 0. The van der Waals surface area contributed by atoms with Crippen molar-refractivity contribution in [2.75, 3.05) is 7.11 Å². The lowest BCUT2D eigenvalue weighted by Crippen LogP contribution is -2.02. The molecule has 2 nitrogen and oxygen atoms in total. The van der Waals surface area contributed by atoms with Crippen molar-refractivity contribution < 1.29 is 4.84 Å². The zero-order valence-electron chi connectivity index (χ0n) is 11.0. The van der Waals surface area contributed by atoms with E-state index in [1.54, 1.807) is 7.11 Å². The SMILES string of the molecule is CO/N=C(\C)c1c(C)cccc1-c1ccccc1. The van der Waals surface area contributed by atoms with Gasteiger partial charge in [0, 0.05) is 5.56 Å².